The first-order valence-corrected chi connectivity index (χ1v) is 7.35. The van der Waals surface area contributed by atoms with Crippen molar-refractivity contribution in [2.75, 3.05) is 19.5 Å². The Bertz CT molecular complexity index is 659. The fourth-order valence-corrected chi connectivity index (χ4v) is 2.23. The molecule has 0 unspecified atom stereocenters. The first-order chi connectivity index (χ1) is 10.6. The third-order valence-corrected chi connectivity index (χ3v) is 3.44. The van der Waals surface area contributed by atoms with Crippen molar-refractivity contribution in [2.24, 2.45) is 0 Å². The molecule has 0 radical (unpaired) electrons. The number of thiocarbonyl (C=S) groups is 1. The maximum atomic E-state index is 5.34. The van der Waals surface area contributed by atoms with Crippen molar-refractivity contribution in [3.8, 4) is 11.5 Å². The summed E-state index contributed by atoms with van der Waals surface area (Å²) >= 11 is 5.34. The van der Waals surface area contributed by atoms with Gasteiger partial charge >= 0.3 is 0 Å². The van der Waals surface area contributed by atoms with Gasteiger partial charge < -0.3 is 20.1 Å². The van der Waals surface area contributed by atoms with Crippen LogP contribution < -0.4 is 20.1 Å². The summed E-state index contributed by atoms with van der Waals surface area (Å²) in [6, 6.07) is 13.8. The lowest BCUT2D eigenvalue weighted by Crippen LogP contribution is -2.28. The summed E-state index contributed by atoms with van der Waals surface area (Å²) in [5.74, 6) is 1.59. The maximum Gasteiger partial charge on any atom is 0.171 e. The monoisotopic (exact) mass is 316 g/mol. The normalized spacial score (nSPS) is 9.95. The van der Waals surface area contributed by atoms with Crippen molar-refractivity contribution in [3.63, 3.8) is 0 Å². The van der Waals surface area contributed by atoms with Gasteiger partial charge in [-0.15, -0.1) is 0 Å². The maximum absolute atomic E-state index is 5.34. The van der Waals surface area contributed by atoms with Crippen molar-refractivity contribution in [3.05, 3.63) is 53.6 Å². The number of rotatable bonds is 5. The predicted octanol–water partition coefficient (Wildman–Crippen LogP) is 3.50. The molecule has 0 heterocycles. The Kier molecular flexibility index (Phi) is 5.61. The lowest BCUT2D eigenvalue weighted by atomic mass is 10.2. The minimum absolute atomic E-state index is 0.548. The summed E-state index contributed by atoms with van der Waals surface area (Å²) in [4.78, 5) is 0. The Morgan fingerprint density at radius 2 is 1.91 bits per heavy atom. The summed E-state index contributed by atoms with van der Waals surface area (Å²) < 4.78 is 10.5. The summed E-state index contributed by atoms with van der Waals surface area (Å²) in [6.07, 6.45) is 0. The van der Waals surface area contributed by atoms with Gasteiger partial charge in [0.05, 0.1) is 19.9 Å². The first-order valence-electron chi connectivity index (χ1n) is 6.95. The highest BCUT2D eigenvalue weighted by Crippen LogP contribution is 2.25. The Morgan fingerprint density at radius 3 is 2.64 bits per heavy atom. The summed E-state index contributed by atoms with van der Waals surface area (Å²) in [6.45, 7) is 2.65. The van der Waals surface area contributed by atoms with E-state index < -0.39 is 0 Å². The summed E-state index contributed by atoms with van der Waals surface area (Å²) in [5.41, 5.74) is 3.09. The second-order valence-corrected chi connectivity index (χ2v) is 5.27. The van der Waals surface area contributed by atoms with Crippen LogP contribution in [0.1, 0.15) is 11.1 Å². The van der Waals surface area contributed by atoms with Crippen LogP contribution in [0.25, 0.3) is 0 Å². The third-order valence-electron chi connectivity index (χ3n) is 3.19. The van der Waals surface area contributed by atoms with Gasteiger partial charge in [0.25, 0.3) is 0 Å². The molecule has 5 heteroatoms. The minimum atomic E-state index is 0.548. The zero-order valence-electron chi connectivity index (χ0n) is 13.0. The number of hydrogen-bond acceptors (Lipinski definition) is 3. The van der Waals surface area contributed by atoms with Crippen LogP contribution >= 0.6 is 12.2 Å². The number of aryl methyl sites for hydroxylation is 1. The average molecular weight is 316 g/mol. The number of hydrogen-bond donors (Lipinski definition) is 2. The second-order valence-electron chi connectivity index (χ2n) is 4.86. The van der Waals surface area contributed by atoms with E-state index in [1.165, 1.54) is 0 Å². The molecular weight excluding hydrogens is 296 g/mol. The molecule has 0 atom stereocenters. The van der Waals surface area contributed by atoms with E-state index in [-0.39, 0.29) is 0 Å². The zero-order valence-corrected chi connectivity index (χ0v) is 13.8. The molecule has 0 saturated heterocycles. The van der Waals surface area contributed by atoms with Crippen molar-refractivity contribution in [1.82, 2.24) is 5.32 Å². The Hall–Kier alpha value is -2.27. The van der Waals surface area contributed by atoms with Gasteiger partial charge in [-0.2, -0.15) is 0 Å². The van der Waals surface area contributed by atoms with Crippen LogP contribution in [0.3, 0.4) is 0 Å². The molecule has 2 N–H and O–H groups in total. The Labute approximate surface area is 136 Å². The zero-order chi connectivity index (χ0) is 15.9. The van der Waals surface area contributed by atoms with Gasteiger partial charge in [-0.05, 0) is 54.5 Å². The highest BCUT2D eigenvalue weighted by molar-refractivity contribution is 7.80. The van der Waals surface area contributed by atoms with Crippen molar-refractivity contribution in [2.45, 2.75) is 13.5 Å². The number of methoxy groups -OCH3 is 2. The van der Waals surface area contributed by atoms with Gasteiger partial charge in [0.2, 0.25) is 0 Å². The molecular formula is C17H20N2O2S. The molecule has 4 nitrogen and oxygen atoms in total. The SMILES string of the molecule is COc1cccc(CNC(=S)Nc2cc(C)ccc2OC)c1. The van der Waals surface area contributed by atoms with E-state index in [0.29, 0.717) is 11.7 Å². The minimum Gasteiger partial charge on any atom is -0.497 e. The Balaban J connectivity index is 1.97. The highest BCUT2D eigenvalue weighted by Gasteiger charge is 2.05. The van der Waals surface area contributed by atoms with Gasteiger partial charge in [0, 0.05) is 6.54 Å². The molecule has 2 aromatic rings. The second kappa shape index (κ2) is 7.66. The molecule has 116 valence electrons. The number of ether oxygens (including phenoxy) is 2. The van der Waals surface area contributed by atoms with Crippen LogP contribution in [0.5, 0.6) is 11.5 Å². The van der Waals surface area contributed by atoms with Crippen LogP contribution in [0.15, 0.2) is 42.5 Å². The molecule has 0 aliphatic heterocycles. The fourth-order valence-electron chi connectivity index (χ4n) is 2.05. The van der Waals surface area contributed by atoms with Crippen LogP contribution in [-0.2, 0) is 6.54 Å². The largest absolute Gasteiger partial charge is 0.497 e. The average Bonchev–Trinajstić information content (AvgIpc) is 2.53. The summed E-state index contributed by atoms with van der Waals surface area (Å²) in [7, 11) is 3.30. The number of anilines is 1. The van der Waals surface area contributed by atoms with Crippen molar-refractivity contribution in [1.29, 1.82) is 0 Å². The molecule has 0 amide bonds. The van der Waals surface area contributed by atoms with Gasteiger partial charge in [-0.3, -0.25) is 0 Å². The van der Waals surface area contributed by atoms with Crippen LogP contribution in [0, 0.1) is 6.92 Å². The lowest BCUT2D eigenvalue weighted by molar-refractivity contribution is 0.414. The smallest absolute Gasteiger partial charge is 0.171 e. The molecule has 0 saturated carbocycles. The molecule has 0 fully saturated rings. The first kappa shape index (κ1) is 16.1. The number of nitrogens with one attached hydrogen (secondary N) is 2. The van der Waals surface area contributed by atoms with Gasteiger partial charge in [-0.1, -0.05) is 18.2 Å². The van der Waals surface area contributed by atoms with E-state index in [1.54, 1.807) is 14.2 Å². The lowest BCUT2D eigenvalue weighted by Gasteiger charge is -2.14. The van der Waals surface area contributed by atoms with E-state index in [4.69, 9.17) is 21.7 Å². The molecule has 0 spiro atoms. The van der Waals surface area contributed by atoms with E-state index in [9.17, 15) is 0 Å². The Morgan fingerprint density at radius 1 is 1.09 bits per heavy atom. The summed E-state index contributed by atoms with van der Waals surface area (Å²) in [5, 5.41) is 6.89. The molecule has 22 heavy (non-hydrogen) atoms. The van der Waals surface area contributed by atoms with Gasteiger partial charge in [-0.25, -0.2) is 0 Å². The van der Waals surface area contributed by atoms with Gasteiger partial charge in [0.1, 0.15) is 11.5 Å². The van der Waals surface area contributed by atoms with Crippen molar-refractivity contribution >= 4 is 23.0 Å². The molecule has 0 aliphatic rings. The van der Waals surface area contributed by atoms with Crippen molar-refractivity contribution < 1.29 is 9.47 Å². The molecule has 2 rings (SSSR count). The van der Waals surface area contributed by atoms with Crippen LogP contribution in [0.2, 0.25) is 0 Å². The topological polar surface area (TPSA) is 42.5 Å². The van der Waals surface area contributed by atoms with E-state index in [2.05, 4.69) is 10.6 Å². The molecule has 0 aliphatic carbocycles. The van der Waals surface area contributed by atoms with Crippen LogP contribution in [-0.4, -0.2) is 19.3 Å². The fraction of sp³-hybridized carbons (Fsp3) is 0.235. The highest BCUT2D eigenvalue weighted by atomic mass is 32.1. The molecule has 0 bridgehead atoms. The molecule has 0 aromatic heterocycles. The van der Waals surface area contributed by atoms with Crippen LogP contribution in [0.4, 0.5) is 5.69 Å². The standard InChI is InChI=1S/C17H20N2O2S/c1-12-7-8-16(21-3)15(9-12)19-17(22)18-11-13-5-4-6-14(10-13)20-2/h4-10H,11H2,1-3H3,(H2,18,19,22). The van der Waals surface area contributed by atoms with Gasteiger partial charge in [0.15, 0.2) is 5.11 Å². The quantitative estimate of drug-likeness (QED) is 0.827. The van der Waals surface area contributed by atoms with E-state index in [0.717, 1.165) is 28.3 Å². The predicted molar refractivity (Wildman–Crippen MR) is 93.8 cm³/mol. The van der Waals surface area contributed by atoms with E-state index >= 15 is 0 Å². The number of benzene rings is 2. The third kappa shape index (κ3) is 4.36. The molecule has 2 aromatic carbocycles. The van der Waals surface area contributed by atoms with E-state index in [1.807, 2.05) is 49.4 Å².